The topological polar surface area (TPSA) is 84.2 Å². The average molecular weight is 346 g/mol. The number of amides is 2. The molecule has 24 heavy (non-hydrogen) atoms. The van der Waals surface area contributed by atoms with Crippen LogP contribution >= 0.6 is 11.6 Å². The number of rotatable bonds is 7. The van der Waals surface area contributed by atoms with Crippen LogP contribution in [0.25, 0.3) is 0 Å². The summed E-state index contributed by atoms with van der Waals surface area (Å²) in [5.74, 6) is -0.362. The fourth-order valence-electron chi connectivity index (χ4n) is 2.10. The van der Waals surface area contributed by atoms with Gasteiger partial charge in [0.2, 0.25) is 0 Å². The molecule has 2 aromatic rings. The van der Waals surface area contributed by atoms with Crippen LogP contribution in [0.4, 0.5) is 0 Å². The zero-order valence-corrected chi connectivity index (χ0v) is 14.0. The summed E-state index contributed by atoms with van der Waals surface area (Å²) in [5, 5.41) is 6.02. The van der Waals surface area contributed by atoms with Crippen LogP contribution in [-0.2, 0) is 6.54 Å². The van der Waals surface area contributed by atoms with Crippen LogP contribution in [0.1, 0.15) is 32.7 Å². The summed E-state index contributed by atoms with van der Waals surface area (Å²) >= 11 is 6.00. The lowest BCUT2D eigenvalue weighted by molar-refractivity contribution is 0.0943. The Labute approximate surface area is 146 Å². The standard InChI is InChI=1S/C18H20ClN3O2/c19-16-5-2-1-4-15(16)18(24)22-12-13-6-8-14(9-7-13)17(23)21-11-3-10-20/h1-2,4-9H,3,10-12,20H2,(H,21,23)(H,22,24). The van der Waals surface area contributed by atoms with E-state index in [-0.39, 0.29) is 11.8 Å². The predicted octanol–water partition coefficient (Wildman–Crippen LogP) is 2.35. The Morgan fingerprint density at radius 2 is 1.67 bits per heavy atom. The van der Waals surface area contributed by atoms with Crippen molar-refractivity contribution < 1.29 is 9.59 Å². The lowest BCUT2D eigenvalue weighted by Crippen LogP contribution is -2.26. The molecule has 4 N–H and O–H groups in total. The first-order valence-electron chi connectivity index (χ1n) is 7.71. The number of hydrogen-bond acceptors (Lipinski definition) is 3. The number of benzene rings is 2. The van der Waals surface area contributed by atoms with E-state index in [1.165, 1.54) is 0 Å². The normalized spacial score (nSPS) is 10.2. The second-order valence-electron chi connectivity index (χ2n) is 5.26. The SMILES string of the molecule is NCCCNC(=O)c1ccc(CNC(=O)c2ccccc2Cl)cc1. The fourth-order valence-corrected chi connectivity index (χ4v) is 2.32. The molecule has 2 amide bonds. The van der Waals surface area contributed by atoms with Gasteiger partial charge in [-0.3, -0.25) is 9.59 Å². The van der Waals surface area contributed by atoms with E-state index in [1.54, 1.807) is 36.4 Å². The molecule has 0 bridgehead atoms. The van der Waals surface area contributed by atoms with E-state index in [4.69, 9.17) is 17.3 Å². The van der Waals surface area contributed by atoms with Gasteiger partial charge in [-0.05, 0) is 42.8 Å². The van der Waals surface area contributed by atoms with Crippen molar-refractivity contribution in [2.75, 3.05) is 13.1 Å². The number of nitrogens with one attached hydrogen (secondary N) is 2. The molecule has 0 saturated heterocycles. The summed E-state index contributed by atoms with van der Waals surface area (Å²) < 4.78 is 0. The van der Waals surface area contributed by atoms with Crippen molar-refractivity contribution in [3.05, 3.63) is 70.2 Å². The van der Waals surface area contributed by atoms with Crippen molar-refractivity contribution in [2.45, 2.75) is 13.0 Å². The number of hydrogen-bond donors (Lipinski definition) is 3. The smallest absolute Gasteiger partial charge is 0.253 e. The van der Waals surface area contributed by atoms with E-state index < -0.39 is 0 Å². The molecule has 5 nitrogen and oxygen atoms in total. The Hall–Kier alpha value is -2.37. The lowest BCUT2D eigenvalue weighted by Gasteiger charge is -2.08. The monoisotopic (exact) mass is 345 g/mol. The Balaban J connectivity index is 1.89. The maximum Gasteiger partial charge on any atom is 0.253 e. The van der Waals surface area contributed by atoms with Gasteiger partial charge in [0.05, 0.1) is 10.6 Å². The van der Waals surface area contributed by atoms with Crippen molar-refractivity contribution in [3.63, 3.8) is 0 Å². The van der Waals surface area contributed by atoms with E-state index in [0.717, 1.165) is 12.0 Å². The van der Waals surface area contributed by atoms with Gasteiger partial charge >= 0.3 is 0 Å². The summed E-state index contributed by atoms with van der Waals surface area (Å²) in [7, 11) is 0. The minimum absolute atomic E-state index is 0.130. The van der Waals surface area contributed by atoms with Crippen LogP contribution in [0.2, 0.25) is 5.02 Å². The van der Waals surface area contributed by atoms with Gasteiger partial charge in [0.25, 0.3) is 11.8 Å². The maximum absolute atomic E-state index is 12.1. The van der Waals surface area contributed by atoms with Gasteiger partial charge in [0.1, 0.15) is 0 Å². The number of nitrogens with two attached hydrogens (primary N) is 1. The maximum atomic E-state index is 12.1. The van der Waals surface area contributed by atoms with Gasteiger partial charge in [-0.1, -0.05) is 35.9 Å². The molecule has 0 saturated carbocycles. The van der Waals surface area contributed by atoms with Crippen LogP contribution in [0.3, 0.4) is 0 Å². The molecule has 0 atom stereocenters. The number of carbonyl (C=O) groups excluding carboxylic acids is 2. The Kier molecular flexibility index (Phi) is 6.78. The van der Waals surface area contributed by atoms with Crippen molar-refractivity contribution in [1.82, 2.24) is 10.6 Å². The molecule has 6 heteroatoms. The molecule has 0 heterocycles. The Morgan fingerprint density at radius 3 is 2.33 bits per heavy atom. The van der Waals surface area contributed by atoms with E-state index in [9.17, 15) is 9.59 Å². The third kappa shape index (κ3) is 5.08. The highest BCUT2D eigenvalue weighted by molar-refractivity contribution is 6.33. The third-order valence-corrected chi connectivity index (χ3v) is 3.78. The molecule has 0 unspecified atom stereocenters. The molecular formula is C18H20ClN3O2. The first kappa shape index (κ1) is 18.0. The number of carbonyl (C=O) groups is 2. The molecule has 0 aliphatic carbocycles. The molecule has 0 aliphatic rings. The zero-order chi connectivity index (χ0) is 17.4. The lowest BCUT2D eigenvalue weighted by atomic mass is 10.1. The van der Waals surface area contributed by atoms with Crippen LogP contribution in [0, 0.1) is 0 Å². The van der Waals surface area contributed by atoms with Crippen LogP contribution in [0.15, 0.2) is 48.5 Å². The summed E-state index contributed by atoms with van der Waals surface area (Å²) in [6.07, 6.45) is 0.748. The fraction of sp³-hybridized carbons (Fsp3) is 0.222. The molecule has 126 valence electrons. The van der Waals surface area contributed by atoms with Crippen molar-refractivity contribution >= 4 is 23.4 Å². The van der Waals surface area contributed by atoms with Crippen LogP contribution in [-0.4, -0.2) is 24.9 Å². The first-order valence-corrected chi connectivity index (χ1v) is 8.09. The van der Waals surface area contributed by atoms with Gasteiger partial charge in [0, 0.05) is 18.7 Å². The second kappa shape index (κ2) is 9.05. The highest BCUT2D eigenvalue weighted by Crippen LogP contribution is 2.14. The van der Waals surface area contributed by atoms with E-state index in [2.05, 4.69) is 10.6 Å². The predicted molar refractivity (Wildman–Crippen MR) is 95.1 cm³/mol. The summed E-state index contributed by atoms with van der Waals surface area (Å²) in [6.45, 7) is 1.47. The van der Waals surface area contributed by atoms with Gasteiger partial charge in [-0.15, -0.1) is 0 Å². The van der Waals surface area contributed by atoms with E-state index in [0.29, 0.717) is 35.8 Å². The molecule has 0 fully saturated rings. The van der Waals surface area contributed by atoms with E-state index in [1.807, 2.05) is 12.1 Å². The van der Waals surface area contributed by atoms with Gasteiger partial charge in [-0.2, -0.15) is 0 Å². The molecule has 0 spiro atoms. The molecule has 2 aromatic carbocycles. The highest BCUT2D eigenvalue weighted by atomic mass is 35.5. The largest absolute Gasteiger partial charge is 0.352 e. The van der Waals surface area contributed by atoms with Gasteiger partial charge in [-0.25, -0.2) is 0 Å². The molecule has 2 rings (SSSR count). The second-order valence-corrected chi connectivity index (χ2v) is 5.66. The Morgan fingerprint density at radius 1 is 0.958 bits per heavy atom. The third-order valence-electron chi connectivity index (χ3n) is 3.45. The first-order chi connectivity index (χ1) is 11.6. The minimum Gasteiger partial charge on any atom is -0.352 e. The Bertz CT molecular complexity index is 702. The molecular weight excluding hydrogens is 326 g/mol. The van der Waals surface area contributed by atoms with E-state index >= 15 is 0 Å². The summed E-state index contributed by atoms with van der Waals surface area (Å²) in [6, 6.07) is 14.0. The van der Waals surface area contributed by atoms with Crippen molar-refractivity contribution in [1.29, 1.82) is 0 Å². The quantitative estimate of drug-likeness (QED) is 0.673. The zero-order valence-electron chi connectivity index (χ0n) is 13.2. The average Bonchev–Trinajstić information content (AvgIpc) is 2.60. The van der Waals surface area contributed by atoms with Crippen LogP contribution in [0.5, 0.6) is 0 Å². The van der Waals surface area contributed by atoms with Gasteiger partial charge < -0.3 is 16.4 Å². The summed E-state index contributed by atoms with van der Waals surface area (Å²) in [5.41, 5.74) is 7.30. The minimum atomic E-state index is -0.232. The highest BCUT2D eigenvalue weighted by Gasteiger charge is 2.09. The van der Waals surface area contributed by atoms with Gasteiger partial charge in [0.15, 0.2) is 0 Å². The molecule has 0 aromatic heterocycles. The van der Waals surface area contributed by atoms with Crippen molar-refractivity contribution in [2.24, 2.45) is 5.73 Å². The number of halogens is 1. The van der Waals surface area contributed by atoms with Crippen molar-refractivity contribution in [3.8, 4) is 0 Å². The van der Waals surface area contributed by atoms with Crippen LogP contribution < -0.4 is 16.4 Å². The molecule has 0 aliphatic heterocycles. The molecule has 0 radical (unpaired) electrons. The summed E-state index contributed by atoms with van der Waals surface area (Å²) in [4.78, 5) is 24.0.